The van der Waals surface area contributed by atoms with Gasteiger partial charge in [-0.05, 0) is 32.3 Å². The Labute approximate surface area is 146 Å². The van der Waals surface area contributed by atoms with Gasteiger partial charge in [0, 0.05) is 12.7 Å². The molecular formula is C17H27N2O5P. The van der Waals surface area contributed by atoms with E-state index in [9.17, 15) is 19.8 Å². The largest absolute Gasteiger partial charge is 0.388 e. The van der Waals surface area contributed by atoms with Crippen molar-refractivity contribution in [1.29, 1.82) is 0 Å². The highest BCUT2D eigenvalue weighted by Gasteiger charge is 2.44. The van der Waals surface area contributed by atoms with Crippen molar-refractivity contribution in [2.75, 3.05) is 19.5 Å². The molecule has 8 heteroatoms. The van der Waals surface area contributed by atoms with Gasteiger partial charge in [-0.25, -0.2) is 4.79 Å². The van der Waals surface area contributed by atoms with Gasteiger partial charge in [0.05, 0.1) is 11.7 Å². The second-order valence-corrected chi connectivity index (χ2v) is 11.5. The highest BCUT2D eigenvalue weighted by molar-refractivity contribution is 7.72. The van der Waals surface area contributed by atoms with Gasteiger partial charge in [0.1, 0.15) is 18.3 Å². The van der Waals surface area contributed by atoms with E-state index in [1.807, 2.05) is 0 Å². The molecule has 140 valence electrons. The third-order valence-corrected chi connectivity index (χ3v) is 5.77. The van der Waals surface area contributed by atoms with Crippen LogP contribution in [-0.2, 0) is 11.3 Å². The molecule has 1 aromatic rings. The number of H-pyrrole nitrogens is 1. The van der Waals surface area contributed by atoms with Crippen molar-refractivity contribution in [3.05, 3.63) is 45.3 Å². The van der Waals surface area contributed by atoms with E-state index in [1.165, 1.54) is 10.8 Å². The van der Waals surface area contributed by atoms with Crippen LogP contribution in [0.3, 0.4) is 0 Å². The van der Waals surface area contributed by atoms with E-state index in [2.05, 4.69) is 31.2 Å². The Kier molecular flexibility index (Phi) is 6.27. The molecule has 1 aliphatic heterocycles. The molecular weight excluding hydrogens is 343 g/mol. The first-order valence-corrected chi connectivity index (χ1v) is 11.3. The zero-order valence-electron chi connectivity index (χ0n) is 14.7. The quantitative estimate of drug-likeness (QED) is 0.475. The molecule has 4 atom stereocenters. The van der Waals surface area contributed by atoms with Gasteiger partial charge in [-0.2, -0.15) is 0 Å². The molecule has 25 heavy (non-hydrogen) atoms. The zero-order chi connectivity index (χ0) is 18.8. The van der Waals surface area contributed by atoms with Crippen LogP contribution in [0.5, 0.6) is 0 Å². The van der Waals surface area contributed by atoms with Gasteiger partial charge in [0.25, 0.3) is 5.56 Å². The van der Waals surface area contributed by atoms with E-state index in [0.717, 1.165) is 6.16 Å². The number of aromatic nitrogens is 2. The molecule has 0 aromatic carbocycles. The molecule has 0 spiro atoms. The van der Waals surface area contributed by atoms with E-state index >= 15 is 0 Å². The van der Waals surface area contributed by atoms with E-state index in [0.29, 0.717) is 19.4 Å². The summed E-state index contributed by atoms with van der Waals surface area (Å²) in [6.45, 7) is 6.85. The number of rotatable bonds is 7. The molecule has 2 rings (SSSR count). The number of aliphatic hydroxyl groups is 2. The second-order valence-electron chi connectivity index (χ2n) is 7.14. The summed E-state index contributed by atoms with van der Waals surface area (Å²) in [5.74, 6) is 0. The van der Waals surface area contributed by atoms with Gasteiger partial charge in [0.2, 0.25) is 0 Å². The van der Waals surface area contributed by atoms with Crippen molar-refractivity contribution in [3.8, 4) is 0 Å². The maximum absolute atomic E-state index is 12.2. The van der Waals surface area contributed by atoms with Crippen LogP contribution in [0, 0.1) is 0 Å². The normalized spacial score (nSPS) is 26.7. The van der Waals surface area contributed by atoms with Gasteiger partial charge in [-0.1, -0.05) is 6.08 Å². The third kappa shape index (κ3) is 4.82. The van der Waals surface area contributed by atoms with E-state index in [4.69, 9.17) is 4.74 Å². The zero-order valence-corrected chi connectivity index (χ0v) is 15.6. The Morgan fingerprint density at radius 3 is 2.64 bits per heavy atom. The van der Waals surface area contributed by atoms with Crippen molar-refractivity contribution in [1.82, 2.24) is 9.55 Å². The first-order valence-electron chi connectivity index (χ1n) is 8.27. The maximum atomic E-state index is 12.2. The smallest absolute Gasteiger partial charge is 0.328 e. The minimum Gasteiger partial charge on any atom is -0.388 e. The fourth-order valence-corrected chi connectivity index (χ4v) is 3.80. The Bertz CT molecular complexity index is 778. The molecule has 1 aliphatic rings. The van der Waals surface area contributed by atoms with Crippen LogP contribution in [0.25, 0.3) is 0 Å². The molecule has 3 N–H and O–H groups in total. The van der Waals surface area contributed by atoms with Crippen molar-refractivity contribution >= 4 is 13.2 Å². The first kappa shape index (κ1) is 19.9. The fourth-order valence-electron chi connectivity index (χ4n) is 2.85. The first-order chi connectivity index (χ1) is 11.6. The molecule has 0 bridgehead atoms. The number of hydrogen-bond acceptors (Lipinski definition) is 5. The van der Waals surface area contributed by atoms with Crippen LogP contribution in [0.15, 0.2) is 28.4 Å². The molecule has 0 radical (unpaired) electrons. The lowest BCUT2D eigenvalue weighted by molar-refractivity contribution is 0.00494. The summed E-state index contributed by atoms with van der Waals surface area (Å²) >= 11 is 0. The van der Waals surface area contributed by atoms with Crippen LogP contribution in [-0.4, -0.2) is 63.9 Å². The van der Waals surface area contributed by atoms with Crippen molar-refractivity contribution in [2.24, 2.45) is 0 Å². The number of hydrogen-bond donors (Lipinski definition) is 3. The van der Waals surface area contributed by atoms with Crippen LogP contribution in [0.4, 0.5) is 0 Å². The minimum absolute atomic E-state index is 0.140. The number of ether oxygens (including phenoxy) is 1. The molecule has 0 aliphatic carbocycles. The average molecular weight is 370 g/mol. The van der Waals surface area contributed by atoms with E-state index in [1.54, 1.807) is 6.08 Å². The lowest BCUT2D eigenvalue weighted by atomic mass is 10.0. The molecule has 1 aromatic heterocycles. The van der Waals surface area contributed by atoms with Crippen LogP contribution >= 0.6 is 6.89 Å². The van der Waals surface area contributed by atoms with Gasteiger partial charge in [-0.15, -0.1) is 19.8 Å². The fraction of sp³-hybridized carbons (Fsp3) is 0.588. The molecule has 0 saturated carbocycles. The average Bonchev–Trinajstić information content (AvgIpc) is 2.80. The van der Waals surface area contributed by atoms with E-state index in [-0.39, 0.29) is 5.56 Å². The summed E-state index contributed by atoms with van der Waals surface area (Å²) in [6, 6.07) is 0. The number of aliphatic hydroxyl groups excluding tert-OH is 2. The van der Waals surface area contributed by atoms with Crippen LogP contribution in [0.2, 0.25) is 0 Å². The Morgan fingerprint density at radius 2 is 2.04 bits per heavy atom. The summed E-state index contributed by atoms with van der Waals surface area (Å²) in [6.07, 6.45) is 5.30. The molecule has 1 unspecified atom stereocenters. The maximum Gasteiger partial charge on any atom is 0.328 e. The predicted octanol–water partition coefficient (Wildman–Crippen LogP) is 0.374. The Balaban J connectivity index is 2.26. The predicted molar refractivity (Wildman–Crippen MR) is 101 cm³/mol. The number of nitrogens with one attached hydrogen (secondary N) is 1. The molecule has 1 saturated heterocycles. The number of allylic oxidation sites excluding steroid dienone is 1. The number of nitrogens with zero attached hydrogens (tertiary/aromatic N) is 1. The number of aryl methyl sites for hydroxylation is 1. The Hall–Kier alpha value is -1.40. The summed E-state index contributed by atoms with van der Waals surface area (Å²) < 4.78 is 7.13. The summed E-state index contributed by atoms with van der Waals surface area (Å²) in [4.78, 5) is 26.3. The molecule has 2 heterocycles. The summed E-state index contributed by atoms with van der Waals surface area (Å²) in [7, 11) is 0. The molecule has 0 amide bonds. The van der Waals surface area contributed by atoms with Gasteiger partial charge in [0.15, 0.2) is 0 Å². The highest BCUT2D eigenvalue weighted by atomic mass is 31.2. The monoisotopic (exact) mass is 370 g/mol. The second kappa shape index (κ2) is 7.87. The van der Waals surface area contributed by atoms with Crippen molar-refractivity contribution in [3.63, 3.8) is 0 Å². The standard InChI is InChI=1S/C17H27N2O5P/c1-5-6-8-19-10-11(16(22)18-17(19)23)15-14(21)13(20)12(24-15)7-9-25(2,3)4/h5,10,12-15,20-21H,1-2,6-9H2,3-4H3,(H,18,22,23)/t12-,13-,14?,15+/m1/s1. The topological polar surface area (TPSA) is 105 Å². The molecule has 1 fully saturated rings. The van der Waals surface area contributed by atoms with Crippen molar-refractivity contribution < 1.29 is 14.9 Å². The highest BCUT2D eigenvalue weighted by Crippen LogP contribution is 2.40. The van der Waals surface area contributed by atoms with Gasteiger partial charge in [-0.3, -0.25) is 14.3 Å². The number of aromatic amines is 1. The SMILES string of the molecule is C=CCCn1cc([C@@H]2O[C@H](CCP(=C)(C)C)[C@@H](O)C2O)c(=O)[nH]c1=O. The third-order valence-electron chi connectivity index (χ3n) is 4.30. The van der Waals surface area contributed by atoms with Crippen molar-refractivity contribution in [2.45, 2.75) is 43.8 Å². The summed E-state index contributed by atoms with van der Waals surface area (Å²) in [5, 5.41) is 20.6. The Morgan fingerprint density at radius 1 is 1.36 bits per heavy atom. The van der Waals surface area contributed by atoms with Crippen LogP contribution < -0.4 is 11.2 Å². The lowest BCUT2D eigenvalue weighted by Gasteiger charge is -2.18. The van der Waals surface area contributed by atoms with Gasteiger partial charge < -0.3 is 14.9 Å². The van der Waals surface area contributed by atoms with Crippen LogP contribution in [0.1, 0.15) is 24.5 Å². The lowest BCUT2D eigenvalue weighted by Crippen LogP contribution is -2.35. The van der Waals surface area contributed by atoms with Gasteiger partial charge >= 0.3 is 5.69 Å². The molecule has 7 nitrogen and oxygen atoms in total. The van der Waals surface area contributed by atoms with E-state index < -0.39 is 42.6 Å². The minimum atomic E-state index is -1.29. The summed E-state index contributed by atoms with van der Waals surface area (Å²) in [5.41, 5.74) is -0.994.